The molecule has 0 bridgehead atoms. The van der Waals surface area contributed by atoms with Crippen molar-refractivity contribution < 1.29 is 14.6 Å². The standard InChI is InChI=1S/C15H20N2O3.ClH/c18-10-13-9-17(5-6-20-13)15(19)14-7-11-3-1-2-4-12(11)8-16-14;/h1-4,13-14,16,18H,5-10H2;1H. The molecule has 2 aliphatic heterocycles. The lowest BCUT2D eigenvalue weighted by Crippen LogP contribution is -2.54. The summed E-state index contributed by atoms with van der Waals surface area (Å²) >= 11 is 0. The molecule has 2 unspecified atom stereocenters. The van der Waals surface area contributed by atoms with Gasteiger partial charge in [-0.1, -0.05) is 24.3 Å². The van der Waals surface area contributed by atoms with Gasteiger partial charge in [0, 0.05) is 19.6 Å². The predicted octanol–water partition coefficient (Wildman–Crippen LogP) is 0.342. The SMILES string of the molecule is Cl.O=C(C1Cc2ccccc2CN1)N1CCOC(CO)C1. The smallest absolute Gasteiger partial charge is 0.240 e. The molecule has 1 saturated heterocycles. The monoisotopic (exact) mass is 312 g/mol. The fraction of sp³-hybridized carbons (Fsp3) is 0.533. The van der Waals surface area contributed by atoms with Crippen LogP contribution in [0.5, 0.6) is 0 Å². The lowest BCUT2D eigenvalue weighted by Gasteiger charge is -2.36. The molecule has 5 nitrogen and oxygen atoms in total. The molecule has 116 valence electrons. The second kappa shape index (κ2) is 7.22. The average Bonchev–Trinajstić information content (AvgIpc) is 2.53. The summed E-state index contributed by atoms with van der Waals surface area (Å²) < 4.78 is 5.39. The van der Waals surface area contributed by atoms with Crippen LogP contribution in [-0.4, -0.2) is 54.4 Å². The van der Waals surface area contributed by atoms with Crippen molar-refractivity contribution in [2.45, 2.75) is 25.1 Å². The van der Waals surface area contributed by atoms with Crippen molar-refractivity contribution in [2.24, 2.45) is 0 Å². The Hall–Kier alpha value is -1.14. The molecule has 0 saturated carbocycles. The molecule has 3 rings (SSSR count). The van der Waals surface area contributed by atoms with Crippen LogP contribution in [0.25, 0.3) is 0 Å². The molecule has 1 aromatic carbocycles. The Morgan fingerprint density at radius 1 is 1.38 bits per heavy atom. The summed E-state index contributed by atoms with van der Waals surface area (Å²) in [5.74, 6) is 0.112. The van der Waals surface area contributed by atoms with Gasteiger partial charge < -0.3 is 20.1 Å². The van der Waals surface area contributed by atoms with Crippen LogP contribution in [0.4, 0.5) is 0 Å². The molecule has 1 amide bonds. The summed E-state index contributed by atoms with van der Waals surface area (Å²) in [6.07, 6.45) is 0.486. The van der Waals surface area contributed by atoms with E-state index < -0.39 is 0 Å². The first-order chi connectivity index (χ1) is 9.78. The van der Waals surface area contributed by atoms with Gasteiger partial charge in [-0.05, 0) is 17.5 Å². The molecule has 0 spiro atoms. The predicted molar refractivity (Wildman–Crippen MR) is 81.4 cm³/mol. The molecule has 2 atom stereocenters. The fourth-order valence-corrected chi connectivity index (χ4v) is 2.88. The van der Waals surface area contributed by atoms with Crippen LogP contribution < -0.4 is 5.32 Å². The molecular weight excluding hydrogens is 292 g/mol. The number of hydrogen-bond donors (Lipinski definition) is 2. The van der Waals surface area contributed by atoms with Crippen molar-refractivity contribution >= 4 is 18.3 Å². The third kappa shape index (κ3) is 3.55. The second-order valence-electron chi connectivity index (χ2n) is 5.37. The Bertz CT molecular complexity index is 498. The highest BCUT2D eigenvalue weighted by atomic mass is 35.5. The van der Waals surface area contributed by atoms with E-state index in [1.54, 1.807) is 4.90 Å². The normalized spacial score (nSPS) is 24.9. The molecule has 0 aromatic heterocycles. The van der Waals surface area contributed by atoms with E-state index in [1.807, 2.05) is 12.1 Å². The number of halogens is 1. The van der Waals surface area contributed by atoms with E-state index in [-0.39, 0.29) is 37.1 Å². The largest absolute Gasteiger partial charge is 0.394 e. The van der Waals surface area contributed by atoms with Crippen LogP contribution in [0, 0.1) is 0 Å². The highest BCUT2D eigenvalue weighted by Crippen LogP contribution is 2.18. The Morgan fingerprint density at radius 3 is 2.90 bits per heavy atom. The van der Waals surface area contributed by atoms with Crippen LogP contribution in [0.2, 0.25) is 0 Å². The van der Waals surface area contributed by atoms with Crippen molar-refractivity contribution in [1.29, 1.82) is 0 Å². The Labute approximate surface area is 130 Å². The molecule has 6 heteroatoms. The molecule has 1 fully saturated rings. The third-order valence-electron chi connectivity index (χ3n) is 4.03. The van der Waals surface area contributed by atoms with E-state index in [4.69, 9.17) is 9.84 Å². The molecule has 2 aliphatic rings. The molecule has 0 radical (unpaired) electrons. The van der Waals surface area contributed by atoms with Crippen LogP contribution in [0.15, 0.2) is 24.3 Å². The Morgan fingerprint density at radius 2 is 2.14 bits per heavy atom. The minimum Gasteiger partial charge on any atom is -0.394 e. The number of benzene rings is 1. The first kappa shape index (κ1) is 16.2. The zero-order valence-corrected chi connectivity index (χ0v) is 12.6. The van der Waals surface area contributed by atoms with Gasteiger partial charge in [-0.15, -0.1) is 12.4 Å². The van der Waals surface area contributed by atoms with E-state index in [0.717, 1.165) is 13.0 Å². The van der Waals surface area contributed by atoms with Crippen molar-refractivity contribution in [3.05, 3.63) is 35.4 Å². The van der Waals surface area contributed by atoms with Crippen LogP contribution in [0.1, 0.15) is 11.1 Å². The van der Waals surface area contributed by atoms with Gasteiger partial charge >= 0.3 is 0 Å². The summed E-state index contributed by atoms with van der Waals surface area (Å²) in [5, 5.41) is 12.5. The van der Waals surface area contributed by atoms with Gasteiger partial charge in [-0.2, -0.15) is 0 Å². The van der Waals surface area contributed by atoms with Crippen molar-refractivity contribution in [3.63, 3.8) is 0 Å². The van der Waals surface area contributed by atoms with Crippen LogP contribution in [-0.2, 0) is 22.5 Å². The van der Waals surface area contributed by atoms with Crippen molar-refractivity contribution in [2.75, 3.05) is 26.3 Å². The molecular formula is C15H21ClN2O3. The lowest BCUT2D eigenvalue weighted by molar-refractivity contribution is -0.142. The maximum absolute atomic E-state index is 12.6. The van der Waals surface area contributed by atoms with Gasteiger partial charge in [0.2, 0.25) is 5.91 Å². The second-order valence-corrected chi connectivity index (χ2v) is 5.37. The number of carbonyl (C=O) groups is 1. The summed E-state index contributed by atoms with van der Waals surface area (Å²) in [6.45, 7) is 2.29. The minimum atomic E-state index is -0.247. The maximum Gasteiger partial charge on any atom is 0.240 e. The number of nitrogens with one attached hydrogen (secondary N) is 1. The van der Waals surface area contributed by atoms with Crippen molar-refractivity contribution in [1.82, 2.24) is 10.2 Å². The molecule has 21 heavy (non-hydrogen) atoms. The summed E-state index contributed by atoms with van der Waals surface area (Å²) in [6, 6.07) is 8.06. The number of rotatable bonds is 2. The van der Waals surface area contributed by atoms with Crippen molar-refractivity contribution in [3.8, 4) is 0 Å². The van der Waals surface area contributed by atoms with Crippen LogP contribution >= 0.6 is 12.4 Å². The van der Waals surface area contributed by atoms with Gasteiger partial charge in [-0.25, -0.2) is 0 Å². The minimum absolute atomic E-state index is 0. The summed E-state index contributed by atoms with van der Waals surface area (Å²) in [5.41, 5.74) is 2.52. The Balaban J connectivity index is 0.00000161. The number of carbonyl (C=O) groups excluding carboxylic acids is 1. The average molecular weight is 313 g/mol. The van der Waals surface area contributed by atoms with E-state index in [1.165, 1.54) is 11.1 Å². The number of fused-ring (bicyclic) bond motifs is 1. The number of ether oxygens (including phenoxy) is 1. The number of nitrogens with zero attached hydrogens (tertiary/aromatic N) is 1. The third-order valence-corrected chi connectivity index (χ3v) is 4.03. The van der Waals surface area contributed by atoms with Gasteiger partial charge in [0.1, 0.15) is 0 Å². The molecule has 2 N–H and O–H groups in total. The number of hydrogen-bond acceptors (Lipinski definition) is 4. The zero-order valence-electron chi connectivity index (χ0n) is 11.8. The van der Waals surface area contributed by atoms with Gasteiger partial charge in [-0.3, -0.25) is 4.79 Å². The summed E-state index contributed by atoms with van der Waals surface area (Å²) in [7, 11) is 0. The van der Waals surface area contributed by atoms with Crippen LogP contribution in [0.3, 0.4) is 0 Å². The quantitative estimate of drug-likeness (QED) is 0.827. The molecule has 2 heterocycles. The molecule has 0 aliphatic carbocycles. The lowest BCUT2D eigenvalue weighted by atomic mass is 9.95. The fourth-order valence-electron chi connectivity index (χ4n) is 2.88. The topological polar surface area (TPSA) is 61.8 Å². The first-order valence-electron chi connectivity index (χ1n) is 7.09. The maximum atomic E-state index is 12.6. The highest BCUT2D eigenvalue weighted by molar-refractivity contribution is 5.85. The first-order valence-corrected chi connectivity index (χ1v) is 7.09. The van der Waals surface area contributed by atoms with E-state index >= 15 is 0 Å². The number of aliphatic hydroxyl groups is 1. The number of morpholine rings is 1. The number of amides is 1. The van der Waals surface area contributed by atoms with Gasteiger partial charge in [0.15, 0.2) is 0 Å². The highest BCUT2D eigenvalue weighted by Gasteiger charge is 2.31. The van der Waals surface area contributed by atoms with E-state index in [2.05, 4.69) is 17.4 Å². The summed E-state index contributed by atoms with van der Waals surface area (Å²) in [4.78, 5) is 14.4. The Kier molecular flexibility index (Phi) is 5.58. The van der Waals surface area contributed by atoms with Gasteiger partial charge in [0.05, 0.1) is 25.4 Å². The zero-order chi connectivity index (χ0) is 13.9. The van der Waals surface area contributed by atoms with Gasteiger partial charge in [0.25, 0.3) is 0 Å². The van der Waals surface area contributed by atoms with E-state index in [9.17, 15) is 4.79 Å². The molecule has 1 aromatic rings. The number of aliphatic hydroxyl groups excluding tert-OH is 1. The van der Waals surface area contributed by atoms with E-state index in [0.29, 0.717) is 19.7 Å².